The average Bonchev–Trinajstić information content (AvgIpc) is 2.94. The molecule has 0 bridgehead atoms. The van der Waals surface area contributed by atoms with Crippen molar-refractivity contribution in [2.45, 2.75) is 44.8 Å². The predicted octanol–water partition coefficient (Wildman–Crippen LogP) is 4.98. The number of hydrogen-bond donors (Lipinski definition) is 0. The van der Waals surface area contributed by atoms with Gasteiger partial charge in [0.2, 0.25) is 0 Å². The van der Waals surface area contributed by atoms with Crippen molar-refractivity contribution in [2.75, 3.05) is 0 Å². The van der Waals surface area contributed by atoms with Crippen molar-refractivity contribution < 1.29 is 13.2 Å². The molecule has 0 saturated heterocycles. The van der Waals surface area contributed by atoms with Crippen molar-refractivity contribution >= 4 is 0 Å². The van der Waals surface area contributed by atoms with Crippen LogP contribution in [0, 0.1) is 5.92 Å². The number of pyridine rings is 1. The van der Waals surface area contributed by atoms with Gasteiger partial charge in [0.1, 0.15) is 5.69 Å². The summed E-state index contributed by atoms with van der Waals surface area (Å²) in [4.78, 5) is 3.43. The Labute approximate surface area is 138 Å². The Morgan fingerprint density at radius 2 is 2.04 bits per heavy atom. The molecule has 6 heteroatoms. The Kier molecular flexibility index (Phi) is 3.34. The van der Waals surface area contributed by atoms with Crippen molar-refractivity contribution in [2.24, 2.45) is 5.92 Å². The zero-order valence-corrected chi connectivity index (χ0v) is 13.5. The van der Waals surface area contributed by atoms with Crippen molar-refractivity contribution in [1.29, 1.82) is 0 Å². The average molecular weight is 333 g/mol. The molecule has 0 amide bonds. The molecule has 126 valence electrons. The van der Waals surface area contributed by atoms with Crippen LogP contribution in [0.1, 0.15) is 50.0 Å². The number of nitrogens with zero attached hydrogens (tertiary/aromatic N) is 3. The molecule has 0 radical (unpaired) electrons. The van der Waals surface area contributed by atoms with Crippen LogP contribution in [0.4, 0.5) is 13.2 Å². The molecule has 3 nitrogen and oxygen atoms in total. The van der Waals surface area contributed by atoms with Gasteiger partial charge in [-0.3, -0.25) is 9.67 Å². The molecule has 1 fully saturated rings. The third-order valence-corrected chi connectivity index (χ3v) is 4.86. The SMILES string of the molecule is CC(C)n1nc(-c2ccnc(C(F)(F)F)c2)cc1[C@H]1C2=CCC[C@@H]21. The fourth-order valence-corrected chi connectivity index (χ4v) is 3.70. The van der Waals surface area contributed by atoms with E-state index in [1.54, 1.807) is 6.07 Å². The number of aromatic nitrogens is 3. The summed E-state index contributed by atoms with van der Waals surface area (Å²) in [6.45, 7) is 4.08. The van der Waals surface area contributed by atoms with Gasteiger partial charge in [-0.15, -0.1) is 0 Å². The van der Waals surface area contributed by atoms with E-state index in [1.165, 1.54) is 18.2 Å². The highest BCUT2D eigenvalue weighted by atomic mass is 19.4. The lowest BCUT2D eigenvalue weighted by Gasteiger charge is -2.10. The van der Waals surface area contributed by atoms with Gasteiger partial charge in [0.05, 0.1) is 5.69 Å². The first-order valence-corrected chi connectivity index (χ1v) is 8.19. The van der Waals surface area contributed by atoms with Crippen LogP contribution < -0.4 is 0 Å². The Bertz CT molecular complexity index is 817. The van der Waals surface area contributed by atoms with Gasteiger partial charge in [-0.05, 0) is 50.8 Å². The fourth-order valence-electron chi connectivity index (χ4n) is 3.70. The van der Waals surface area contributed by atoms with E-state index in [-0.39, 0.29) is 6.04 Å². The molecule has 2 aliphatic rings. The maximum atomic E-state index is 12.9. The highest BCUT2D eigenvalue weighted by Gasteiger charge is 2.48. The summed E-state index contributed by atoms with van der Waals surface area (Å²) in [5.74, 6) is 1.00. The second-order valence-corrected chi connectivity index (χ2v) is 6.79. The monoisotopic (exact) mass is 333 g/mol. The molecule has 2 aromatic rings. The van der Waals surface area contributed by atoms with Gasteiger partial charge in [0, 0.05) is 29.4 Å². The van der Waals surface area contributed by atoms with Gasteiger partial charge >= 0.3 is 6.18 Å². The summed E-state index contributed by atoms with van der Waals surface area (Å²) in [5.41, 5.74) is 2.73. The zero-order valence-electron chi connectivity index (χ0n) is 13.5. The first kappa shape index (κ1) is 15.4. The number of hydrogen-bond acceptors (Lipinski definition) is 2. The number of rotatable bonds is 3. The third kappa shape index (κ3) is 2.44. The van der Waals surface area contributed by atoms with Gasteiger partial charge in [0.15, 0.2) is 0 Å². The van der Waals surface area contributed by atoms with E-state index in [9.17, 15) is 13.2 Å². The van der Waals surface area contributed by atoms with E-state index in [0.29, 0.717) is 23.1 Å². The molecule has 24 heavy (non-hydrogen) atoms. The van der Waals surface area contributed by atoms with Crippen LogP contribution in [0.2, 0.25) is 0 Å². The number of allylic oxidation sites excluding steroid dienone is 2. The molecule has 2 heterocycles. The van der Waals surface area contributed by atoms with E-state index in [2.05, 4.69) is 16.2 Å². The molecule has 0 aromatic carbocycles. The Balaban J connectivity index is 1.75. The zero-order chi connectivity index (χ0) is 17.1. The number of alkyl halides is 3. The quantitative estimate of drug-likeness (QED) is 0.742. The highest BCUT2D eigenvalue weighted by Crippen LogP contribution is 2.60. The highest BCUT2D eigenvalue weighted by molar-refractivity contribution is 5.61. The molecule has 0 N–H and O–H groups in total. The van der Waals surface area contributed by atoms with E-state index >= 15 is 0 Å². The van der Waals surface area contributed by atoms with Crippen molar-refractivity contribution in [1.82, 2.24) is 14.8 Å². The van der Waals surface area contributed by atoms with Gasteiger partial charge in [0.25, 0.3) is 0 Å². The normalized spacial score (nSPS) is 22.7. The van der Waals surface area contributed by atoms with E-state index < -0.39 is 11.9 Å². The smallest absolute Gasteiger partial charge is 0.266 e. The molecule has 0 aliphatic heterocycles. The van der Waals surface area contributed by atoms with Crippen molar-refractivity contribution in [3.63, 3.8) is 0 Å². The van der Waals surface area contributed by atoms with Crippen LogP contribution in [0.15, 0.2) is 36.0 Å². The Morgan fingerprint density at radius 3 is 2.67 bits per heavy atom. The lowest BCUT2D eigenvalue weighted by Crippen LogP contribution is -2.08. The maximum absolute atomic E-state index is 12.9. The van der Waals surface area contributed by atoms with Crippen LogP contribution in [0.3, 0.4) is 0 Å². The minimum Gasteiger partial charge on any atom is -0.266 e. The standard InChI is InChI=1S/C18H18F3N3/c1-10(2)24-15(17-12-4-3-5-13(12)17)9-14(23-24)11-6-7-22-16(8-11)18(19,20)21/h4,6-10,13,17H,3,5H2,1-2H3/t13-,17-/m0/s1. The van der Waals surface area contributed by atoms with Crippen LogP contribution in [-0.2, 0) is 6.18 Å². The second kappa shape index (κ2) is 5.19. The molecule has 2 atom stereocenters. The van der Waals surface area contributed by atoms with Gasteiger partial charge in [-0.25, -0.2) is 0 Å². The van der Waals surface area contributed by atoms with E-state index in [0.717, 1.165) is 18.2 Å². The maximum Gasteiger partial charge on any atom is 0.433 e. The largest absolute Gasteiger partial charge is 0.433 e. The predicted molar refractivity (Wildman–Crippen MR) is 84.4 cm³/mol. The minimum atomic E-state index is -4.45. The van der Waals surface area contributed by atoms with Gasteiger partial charge in [-0.1, -0.05) is 11.6 Å². The lowest BCUT2D eigenvalue weighted by atomic mass is 10.1. The molecule has 2 aliphatic carbocycles. The van der Waals surface area contributed by atoms with Crippen LogP contribution in [0.5, 0.6) is 0 Å². The van der Waals surface area contributed by atoms with E-state index in [1.807, 2.05) is 24.6 Å². The summed E-state index contributed by atoms with van der Waals surface area (Å²) < 4.78 is 40.6. The summed E-state index contributed by atoms with van der Waals surface area (Å²) in [6, 6.07) is 4.77. The summed E-state index contributed by atoms with van der Waals surface area (Å²) >= 11 is 0. The molecular formula is C18H18F3N3. The molecule has 2 aromatic heterocycles. The Morgan fingerprint density at radius 1 is 1.25 bits per heavy atom. The first-order chi connectivity index (χ1) is 11.4. The van der Waals surface area contributed by atoms with Crippen molar-refractivity contribution in [3.8, 4) is 11.3 Å². The lowest BCUT2D eigenvalue weighted by molar-refractivity contribution is -0.141. The summed E-state index contributed by atoms with van der Waals surface area (Å²) in [5, 5.41) is 4.59. The topological polar surface area (TPSA) is 30.7 Å². The Hall–Kier alpha value is -2.11. The third-order valence-electron chi connectivity index (χ3n) is 4.86. The fraction of sp³-hybridized carbons (Fsp3) is 0.444. The van der Waals surface area contributed by atoms with Gasteiger partial charge in [-0.2, -0.15) is 18.3 Å². The molecule has 0 unspecified atom stereocenters. The molecule has 0 spiro atoms. The molecule has 1 saturated carbocycles. The first-order valence-electron chi connectivity index (χ1n) is 8.19. The molecule has 4 rings (SSSR count). The van der Waals surface area contributed by atoms with Crippen LogP contribution in [-0.4, -0.2) is 14.8 Å². The summed E-state index contributed by atoms with van der Waals surface area (Å²) in [6.07, 6.45) is 1.35. The van der Waals surface area contributed by atoms with Crippen LogP contribution in [0.25, 0.3) is 11.3 Å². The second-order valence-electron chi connectivity index (χ2n) is 6.79. The number of halogens is 3. The molecular weight excluding hydrogens is 315 g/mol. The summed E-state index contributed by atoms with van der Waals surface area (Å²) in [7, 11) is 0. The minimum absolute atomic E-state index is 0.166. The van der Waals surface area contributed by atoms with Crippen LogP contribution >= 0.6 is 0 Å². The number of fused-ring (bicyclic) bond motifs is 1. The van der Waals surface area contributed by atoms with Gasteiger partial charge < -0.3 is 0 Å². The van der Waals surface area contributed by atoms with Crippen molar-refractivity contribution in [3.05, 3.63) is 47.4 Å². The van der Waals surface area contributed by atoms with E-state index in [4.69, 9.17) is 0 Å².